The van der Waals surface area contributed by atoms with Crippen LogP contribution >= 0.6 is 0 Å². The predicted molar refractivity (Wildman–Crippen MR) is 109 cm³/mol. The summed E-state index contributed by atoms with van der Waals surface area (Å²) in [7, 11) is 1.86. The van der Waals surface area contributed by atoms with Gasteiger partial charge >= 0.3 is 6.18 Å². The lowest BCUT2D eigenvalue weighted by Gasteiger charge is -2.28. The Morgan fingerprint density at radius 1 is 1.20 bits per heavy atom. The monoisotopic (exact) mass is 418 g/mol. The largest absolute Gasteiger partial charge is 0.431 e. The Kier molecular flexibility index (Phi) is 5.22. The third kappa shape index (κ3) is 3.88. The first kappa shape index (κ1) is 20.7. The van der Waals surface area contributed by atoms with Gasteiger partial charge in [0, 0.05) is 49.4 Å². The van der Waals surface area contributed by atoms with Crippen LogP contribution in [0.25, 0.3) is 10.9 Å². The highest BCUT2D eigenvalue weighted by Gasteiger charge is 2.36. The van der Waals surface area contributed by atoms with Crippen LogP contribution in [0.2, 0.25) is 0 Å². The molecule has 0 N–H and O–H groups in total. The second-order valence-corrected chi connectivity index (χ2v) is 8.20. The van der Waals surface area contributed by atoms with Crippen LogP contribution in [0, 0.1) is 13.8 Å². The summed E-state index contributed by atoms with van der Waals surface area (Å²) >= 11 is 0. The number of hydrogen-bond acceptors (Lipinski definition) is 3. The fraction of sp³-hybridized carbons (Fsp3) is 0.455. The van der Waals surface area contributed by atoms with E-state index in [4.69, 9.17) is 0 Å². The number of aryl methyl sites for hydroxylation is 3. The Morgan fingerprint density at radius 3 is 2.63 bits per heavy atom. The number of alkyl halides is 3. The second-order valence-electron chi connectivity index (χ2n) is 8.20. The van der Waals surface area contributed by atoms with Gasteiger partial charge in [0.2, 0.25) is 0 Å². The lowest BCUT2D eigenvalue weighted by Crippen LogP contribution is -2.35. The highest BCUT2D eigenvalue weighted by molar-refractivity contribution is 5.80. The van der Waals surface area contributed by atoms with Gasteiger partial charge in [0.05, 0.1) is 11.2 Å². The maximum absolute atomic E-state index is 13.8. The van der Waals surface area contributed by atoms with Gasteiger partial charge in [0.1, 0.15) is 5.69 Å². The molecule has 3 heterocycles. The van der Waals surface area contributed by atoms with Crippen molar-refractivity contribution in [2.24, 2.45) is 7.05 Å². The summed E-state index contributed by atoms with van der Waals surface area (Å²) in [6.07, 6.45) is -0.885. The van der Waals surface area contributed by atoms with Crippen molar-refractivity contribution in [3.05, 3.63) is 63.2 Å². The van der Waals surface area contributed by atoms with Crippen molar-refractivity contribution in [1.82, 2.24) is 19.2 Å². The molecule has 5 nitrogen and oxygen atoms in total. The lowest BCUT2D eigenvalue weighted by atomic mass is 10.1. The molecule has 30 heavy (non-hydrogen) atoms. The molecule has 0 amide bonds. The maximum atomic E-state index is 13.8. The molecule has 0 unspecified atom stereocenters. The minimum atomic E-state index is -4.60. The molecule has 3 aromatic rings. The van der Waals surface area contributed by atoms with Crippen molar-refractivity contribution in [3.63, 3.8) is 0 Å². The number of benzene rings is 1. The first-order valence-corrected chi connectivity index (χ1v) is 10.1. The molecule has 1 fully saturated rings. The van der Waals surface area contributed by atoms with Crippen LogP contribution < -0.4 is 5.43 Å². The molecule has 1 saturated heterocycles. The van der Waals surface area contributed by atoms with Gasteiger partial charge in [-0.15, -0.1) is 0 Å². The SMILES string of the molecule is Cc1ccc2c(c1)c(=O)cc(C(F)(F)F)n2C[C@@H]1CCCN1Cc1cn(C)nc1C. The Morgan fingerprint density at radius 2 is 1.97 bits per heavy atom. The van der Waals surface area contributed by atoms with Gasteiger partial charge in [-0.05, 0) is 45.4 Å². The van der Waals surface area contributed by atoms with Gasteiger partial charge in [0.25, 0.3) is 0 Å². The van der Waals surface area contributed by atoms with Crippen LogP contribution in [0.4, 0.5) is 13.2 Å². The summed E-state index contributed by atoms with van der Waals surface area (Å²) in [5, 5.41) is 4.70. The number of hydrogen-bond donors (Lipinski definition) is 0. The predicted octanol–water partition coefficient (Wildman–Crippen LogP) is 4.04. The van der Waals surface area contributed by atoms with Crippen molar-refractivity contribution in [2.45, 2.75) is 52.0 Å². The van der Waals surface area contributed by atoms with Crippen molar-refractivity contribution in [3.8, 4) is 0 Å². The lowest BCUT2D eigenvalue weighted by molar-refractivity contribution is -0.144. The van der Waals surface area contributed by atoms with Crippen molar-refractivity contribution in [1.29, 1.82) is 0 Å². The average molecular weight is 418 g/mol. The third-order valence-corrected chi connectivity index (χ3v) is 5.94. The first-order valence-electron chi connectivity index (χ1n) is 10.1. The van der Waals surface area contributed by atoms with E-state index in [0.29, 0.717) is 17.4 Å². The molecule has 2 aromatic heterocycles. The Bertz CT molecular complexity index is 1150. The van der Waals surface area contributed by atoms with E-state index < -0.39 is 17.3 Å². The van der Waals surface area contributed by atoms with E-state index in [-0.39, 0.29) is 12.6 Å². The molecule has 1 atom stereocenters. The topological polar surface area (TPSA) is 43.1 Å². The first-order chi connectivity index (χ1) is 14.1. The number of likely N-dealkylation sites (tertiary alicyclic amines) is 1. The van der Waals surface area contributed by atoms with Gasteiger partial charge in [-0.1, -0.05) is 11.6 Å². The second kappa shape index (κ2) is 7.58. The number of fused-ring (bicyclic) bond motifs is 1. The molecule has 8 heteroatoms. The molecule has 0 spiro atoms. The molecule has 0 saturated carbocycles. The van der Waals surface area contributed by atoms with Gasteiger partial charge in [-0.25, -0.2) is 0 Å². The third-order valence-electron chi connectivity index (χ3n) is 5.94. The number of aromatic nitrogens is 3. The molecule has 160 valence electrons. The van der Waals surface area contributed by atoms with Crippen LogP contribution in [0.1, 0.15) is 35.4 Å². The van der Waals surface area contributed by atoms with Crippen LogP contribution in [0.5, 0.6) is 0 Å². The molecule has 4 rings (SSSR count). The van der Waals surface area contributed by atoms with E-state index in [9.17, 15) is 18.0 Å². The fourth-order valence-electron chi connectivity index (χ4n) is 4.47. The molecule has 1 aliphatic heterocycles. The van der Waals surface area contributed by atoms with Crippen LogP contribution in [-0.4, -0.2) is 31.8 Å². The summed E-state index contributed by atoms with van der Waals surface area (Å²) in [6, 6.07) is 5.75. The summed E-state index contributed by atoms with van der Waals surface area (Å²) in [5.41, 5.74) is 1.73. The summed E-state index contributed by atoms with van der Waals surface area (Å²) in [6.45, 7) is 5.45. The molecular formula is C22H25F3N4O. The van der Waals surface area contributed by atoms with Crippen molar-refractivity contribution in [2.75, 3.05) is 6.54 Å². The zero-order chi connectivity index (χ0) is 21.6. The smallest absolute Gasteiger partial charge is 0.335 e. The minimum Gasteiger partial charge on any atom is -0.335 e. The Hall–Kier alpha value is -2.61. The van der Waals surface area contributed by atoms with E-state index in [1.165, 1.54) is 4.57 Å². The van der Waals surface area contributed by atoms with Crippen molar-refractivity contribution < 1.29 is 13.2 Å². The van der Waals surface area contributed by atoms with Crippen LogP contribution in [0.3, 0.4) is 0 Å². The van der Waals surface area contributed by atoms with Gasteiger partial charge < -0.3 is 4.57 Å². The Labute approximate surface area is 172 Å². The standard InChI is InChI=1S/C22H25F3N4O/c1-14-6-7-19-18(9-14)20(30)10-21(22(23,24)25)29(19)13-17-5-4-8-28(17)12-16-11-27(3)26-15(16)2/h6-7,9-11,17H,4-5,8,12-13H2,1-3H3/t17-/m0/s1. The normalized spacial score (nSPS) is 17.9. The highest BCUT2D eigenvalue weighted by Crippen LogP contribution is 2.32. The zero-order valence-corrected chi connectivity index (χ0v) is 17.3. The van der Waals surface area contributed by atoms with Gasteiger partial charge in [0.15, 0.2) is 5.43 Å². The molecule has 0 aliphatic carbocycles. The quantitative estimate of drug-likeness (QED) is 0.643. The van der Waals surface area contributed by atoms with E-state index in [0.717, 1.165) is 42.3 Å². The summed E-state index contributed by atoms with van der Waals surface area (Å²) in [4.78, 5) is 14.6. The Balaban J connectivity index is 1.74. The number of pyridine rings is 1. The molecule has 1 aliphatic rings. The molecule has 0 bridgehead atoms. The van der Waals surface area contributed by atoms with Crippen LogP contribution in [0.15, 0.2) is 35.3 Å². The summed E-state index contributed by atoms with van der Waals surface area (Å²) < 4.78 is 44.5. The van der Waals surface area contributed by atoms with Gasteiger partial charge in [-0.2, -0.15) is 18.3 Å². The maximum Gasteiger partial charge on any atom is 0.431 e. The summed E-state index contributed by atoms with van der Waals surface area (Å²) in [5.74, 6) is 0. The average Bonchev–Trinajstić information content (AvgIpc) is 3.22. The number of rotatable bonds is 4. The van der Waals surface area contributed by atoms with E-state index >= 15 is 0 Å². The van der Waals surface area contributed by atoms with E-state index in [1.54, 1.807) is 22.9 Å². The molecular weight excluding hydrogens is 393 g/mol. The highest BCUT2D eigenvalue weighted by atomic mass is 19.4. The molecule has 0 radical (unpaired) electrons. The minimum absolute atomic E-state index is 0.0438. The van der Waals surface area contributed by atoms with E-state index in [1.807, 2.05) is 27.1 Å². The van der Waals surface area contributed by atoms with Crippen molar-refractivity contribution >= 4 is 10.9 Å². The van der Waals surface area contributed by atoms with Crippen LogP contribution in [-0.2, 0) is 26.3 Å². The van der Waals surface area contributed by atoms with Gasteiger partial charge in [-0.3, -0.25) is 14.4 Å². The number of halogens is 3. The fourth-order valence-corrected chi connectivity index (χ4v) is 4.47. The zero-order valence-electron chi connectivity index (χ0n) is 17.3. The molecule has 1 aromatic carbocycles. The van der Waals surface area contributed by atoms with E-state index in [2.05, 4.69) is 10.00 Å². The number of nitrogens with zero attached hydrogens (tertiary/aromatic N) is 4.